The first kappa shape index (κ1) is 12.3. The lowest BCUT2D eigenvalue weighted by atomic mass is 10.2. The van der Waals surface area contributed by atoms with Crippen LogP contribution in [0.15, 0.2) is 0 Å². The third kappa shape index (κ3) is 3.35. The number of nitrogens with zero attached hydrogens (tertiary/aromatic N) is 2. The van der Waals surface area contributed by atoms with Gasteiger partial charge in [0.25, 0.3) is 0 Å². The number of aliphatic hydroxyl groups is 1. The summed E-state index contributed by atoms with van der Waals surface area (Å²) in [6.45, 7) is 7.52. The minimum absolute atomic E-state index is 0.0845. The van der Waals surface area contributed by atoms with Crippen LogP contribution in [0.2, 0.25) is 0 Å². The van der Waals surface area contributed by atoms with Crippen molar-refractivity contribution in [2.45, 2.75) is 19.9 Å². The number of rotatable bonds is 3. The van der Waals surface area contributed by atoms with Gasteiger partial charge in [-0.15, -0.1) is 0 Å². The Morgan fingerprint density at radius 2 is 2.27 bits per heavy atom. The summed E-state index contributed by atoms with van der Waals surface area (Å²) in [6.07, 6.45) is -0.313. The van der Waals surface area contributed by atoms with Gasteiger partial charge in [-0.05, 0) is 13.5 Å². The summed E-state index contributed by atoms with van der Waals surface area (Å²) in [4.78, 5) is 15.5. The van der Waals surface area contributed by atoms with E-state index in [0.717, 1.165) is 13.1 Å². The van der Waals surface area contributed by atoms with Crippen LogP contribution in [-0.4, -0.2) is 66.4 Å². The molecule has 0 saturated carbocycles. The zero-order valence-electron chi connectivity index (χ0n) is 9.48. The van der Waals surface area contributed by atoms with Gasteiger partial charge in [0.1, 0.15) is 6.61 Å². The van der Waals surface area contributed by atoms with Gasteiger partial charge >= 0.3 is 6.09 Å². The number of ether oxygens (including phenoxy) is 1. The molecule has 0 spiro atoms. The maximum Gasteiger partial charge on any atom is 0.409 e. The maximum absolute atomic E-state index is 11.5. The molecule has 1 unspecified atom stereocenters. The van der Waals surface area contributed by atoms with Crippen LogP contribution in [0.25, 0.3) is 0 Å². The smallest absolute Gasteiger partial charge is 0.409 e. The highest BCUT2D eigenvalue weighted by atomic mass is 16.6. The second-order valence-electron chi connectivity index (χ2n) is 3.76. The van der Waals surface area contributed by atoms with Crippen LogP contribution in [-0.2, 0) is 4.74 Å². The molecule has 15 heavy (non-hydrogen) atoms. The van der Waals surface area contributed by atoms with Gasteiger partial charge in [-0.2, -0.15) is 0 Å². The average molecular weight is 216 g/mol. The Bertz CT molecular complexity index is 211. The zero-order valence-corrected chi connectivity index (χ0v) is 9.48. The molecule has 88 valence electrons. The van der Waals surface area contributed by atoms with Crippen LogP contribution in [0.3, 0.4) is 0 Å². The summed E-state index contributed by atoms with van der Waals surface area (Å²) < 4.78 is 4.87. The first-order chi connectivity index (χ1) is 7.19. The summed E-state index contributed by atoms with van der Waals surface area (Å²) in [6, 6.07) is 0.380. The van der Waals surface area contributed by atoms with E-state index in [4.69, 9.17) is 9.84 Å². The van der Waals surface area contributed by atoms with Crippen molar-refractivity contribution in [2.24, 2.45) is 0 Å². The number of likely N-dealkylation sites (N-methyl/N-ethyl adjacent to an activating group) is 1. The Morgan fingerprint density at radius 1 is 1.53 bits per heavy atom. The molecule has 0 bridgehead atoms. The molecule has 1 rings (SSSR count). The van der Waals surface area contributed by atoms with Crippen molar-refractivity contribution < 1.29 is 14.6 Å². The van der Waals surface area contributed by atoms with Gasteiger partial charge in [0, 0.05) is 25.7 Å². The topological polar surface area (TPSA) is 53.0 Å². The van der Waals surface area contributed by atoms with E-state index in [2.05, 4.69) is 18.7 Å². The summed E-state index contributed by atoms with van der Waals surface area (Å²) in [5.41, 5.74) is 0. The number of hydrogen-bond donors (Lipinski definition) is 1. The third-order valence-corrected chi connectivity index (χ3v) is 2.75. The highest BCUT2D eigenvalue weighted by molar-refractivity contribution is 5.67. The molecule has 1 fully saturated rings. The van der Waals surface area contributed by atoms with Crippen molar-refractivity contribution in [1.29, 1.82) is 0 Å². The van der Waals surface area contributed by atoms with E-state index >= 15 is 0 Å². The zero-order chi connectivity index (χ0) is 11.3. The minimum Gasteiger partial charge on any atom is -0.447 e. The number of carbonyl (C=O) groups is 1. The monoisotopic (exact) mass is 216 g/mol. The number of aliphatic hydroxyl groups excluding tert-OH is 1. The van der Waals surface area contributed by atoms with Gasteiger partial charge in [-0.25, -0.2) is 4.79 Å². The Balaban J connectivity index is 2.36. The summed E-state index contributed by atoms with van der Waals surface area (Å²) >= 11 is 0. The highest BCUT2D eigenvalue weighted by Crippen LogP contribution is 2.09. The Hall–Kier alpha value is -0.810. The van der Waals surface area contributed by atoms with Crippen molar-refractivity contribution >= 4 is 6.09 Å². The highest BCUT2D eigenvalue weighted by Gasteiger charge is 2.26. The molecule has 5 heteroatoms. The van der Waals surface area contributed by atoms with Gasteiger partial charge in [-0.1, -0.05) is 6.92 Å². The average Bonchev–Trinajstić information content (AvgIpc) is 2.25. The third-order valence-electron chi connectivity index (χ3n) is 2.75. The lowest BCUT2D eigenvalue weighted by Gasteiger charge is -2.38. The van der Waals surface area contributed by atoms with Gasteiger partial charge in [0.2, 0.25) is 0 Å². The van der Waals surface area contributed by atoms with Crippen LogP contribution >= 0.6 is 0 Å². The second-order valence-corrected chi connectivity index (χ2v) is 3.76. The predicted molar refractivity (Wildman–Crippen MR) is 56.7 cm³/mol. The molecule has 5 nitrogen and oxygen atoms in total. The standard InChI is InChI=1S/C10H20N2O3/c1-3-11-4-5-12(8-9(11)2)10(14)15-7-6-13/h9,13H,3-8H2,1-2H3. The largest absolute Gasteiger partial charge is 0.447 e. The number of hydrogen-bond acceptors (Lipinski definition) is 4. The molecule has 0 aromatic heterocycles. The Kier molecular flexibility index (Phi) is 4.84. The molecular formula is C10H20N2O3. The molecule has 0 radical (unpaired) electrons. The van der Waals surface area contributed by atoms with Gasteiger partial charge in [0.15, 0.2) is 0 Å². The Morgan fingerprint density at radius 3 is 2.80 bits per heavy atom. The van der Waals surface area contributed by atoms with Gasteiger partial charge in [0.05, 0.1) is 6.61 Å². The fraction of sp³-hybridized carbons (Fsp3) is 0.900. The molecular weight excluding hydrogens is 196 g/mol. The van der Waals surface area contributed by atoms with E-state index in [1.165, 1.54) is 0 Å². The SMILES string of the molecule is CCN1CCN(C(=O)OCCO)CC1C. The summed E-state index contributed by atoms with van der Waals surface area (Å²) in [7, 11) is 0. The fourth-order valence-corrected chi connectivity index (χ4v) is 1.86. The quantitative estimate of drug-likeness (QED) is 0.729. The van der Waals surface area contributed by atoms with E-state index in [9.17, 15) is 4.79 Å². The molecule has 1 heterocycles. The van der Waals surface area contributed by atoms with Crippen LogP contribution in [0.5, 0.6) is 0 Å². The van der Waals surface area contributed by atoms with Crippen LogP contribution in [0.1, 0.15) is 13.8 Å². The molecule has 0 aromatic carbocycles. The molecule has 1 aliphatic heterocycles. The van der Waals surface area contributed by atoms with E-state index in [1.54, 1.807) is 4.90 Å². The van der Waals surface area contributed by atoms with Crippen LogP contribution < -0.4 is 0 Å². The van der Waals surface area contributed by atoms with Gasteiger partial charge in [-0.3, -0.25) is 4.90 Å². The maximum atomic E-state index is 11.5. The van der Waals surface area contributed by atoms with Crippen molar-refractivity contribution in [3.8, 4) is 0 Å². The van der Waals surface area contributed by atoms with Crippen LogP contribution in [0, 0.1) is 0 Å². The number of piperazine rings is 1. The lowest BCUT2D eigenvalue weighted by Crippen LogP contribution is -2.53. The van der Waals surface area contributed by atoms with Crippen LogP contribution in [0.4, 0.5) is 4.79 Å². The predicted octanol–water partition coefficient (Wildman–Crippen LogP) is 0.141. The van der Waals surface area contributed by atoms with Crippen molar-refractivity contribution in [2.75, 3.05) is 39.4 Å². The Labute approximate surface area is 90.6 Å². The van der Waals surface area contributed by atoms with E-state index in [0.29, 0.717) is 19.1 Å². The first-order valence-electron chi connectivity index (χ1n) is 5.45. The van der Waals surface area contributed by atoms with Crippen molar-refractivity contribution in [3.63, 3.8) is 0 Å². The normalized spacial score (nSPS) is 22.9. The second kappa shape index (κ2) is 5.92. The number of amides is 1. The molecule has 1 N–H and O–H groups in total. The molecule has 1 aliphatic rings. The van der Waals surface area contributed by atoms with E-state index in [1.807, 2.05) is 0 Å². The molecule has 1 amide bonds. The summed E-state index contributed by atoms with van der Waals surface area (Å²) in [5.74, 6) is 0. The van der Waals surface area contributed by atoms with Crippen molar-refractivity contribution in [3.05, 3.63) is 0 Å². The summed E-state index contributed by atoms with van der Waals surface area (Å²) in [5, 5.41) is 8.54. The van der Waals surface area contributed by atoms with E-state index < -0.39 is 0 Å². The van der Waals surface area contributed by atoms with Gasteiger partial charge < -0.3 is 14.7 Å². The fourth-order valence-electron chi connectivity index (χ4n) is 1.86. The molecule has 1 atom stereocenters. The first-order valence-corrected chi connectivity index (χ1v) is 5.45. The molecule has 0 aliphatic carbocycles. The molecule has 0 aromatic rings. The van der Waals surface area contributed by atoms with E-state index in [-0.39, 0.29) is 19.3 Å². The minimum atomic E-state index is -0.313. The van der Waals surface area contributed by atoms with Crippen molar-refractivity contribution in [1.82, 2.24) is 9.80 Å². The lowest BCUT2D eigenvalue weighted by molar-refractivity contribution is 0.0489. The number of carbonyl (C=O) groups excluding carboxylic acids is 1. The molecule has 1 saturated heterocycles.